The smallest absolute Gasteiger partial charge is 0.412 e. The van der Waals surface area contributed by atoms with Crippen molar-refractivity contribution >= 4 is 82.0 Å². The molecule has 0 spiro atoms. The monoisotopic (exact) mass is 957 g/mol. The molecule has 4 aliphatic rings. The minimum absolute atomic E-state index is 0.0152. The van der Waals surface area contributed by atoms with Crippen LogP contribution in [-0.2, 0) is 54.2 Å². The Kier molecular flexibility index (Phi) is 15.7. The number of alkyl carbamates (subject to hydrolysis) is 1. The lowest BCUT2D eigenvalue weighted by Crippen LogP contribution is -2.63. The molecule has 7 atom stereocenters. The number of hydroxylamine groups is 2. The highest BCUT2D eigenvalue weighted by molar-refractivity contribution is 6.35. The Morgan fingerprint density at radius 2 is 1.71 bits per heavy atom. The molecule has 0 aliphatic carbocycles. The van der Waals surface area contributed by atoms with Gasteiger partial charge >= 0.3 is 18.2 Å². The van der Waals surface area contributed by atoms with Crippen LogP contribution in [0.4, 0.5) is 26.7 Å². The quantitative estimate of drug-likeness (QED) is 0.113. The summed E-state index contributed by atoms with van der Waals surface area (Å²) in [5.41, 5.74) is -0.759. The Morgan fingerprint density at radius 1 is 1.00 bits per heavy atom. The third-order valence-electron chi connectivity index (χ3n) is 11.9. The van der Waals surface area contributed by atoms with Crippen molar-refractivity contribution in [2.75, 3.05) is 36.8 Å². The van der Waals surface area contributed by atoms with E-state index < -0.39 is 84.0 Å². The van der Waals surface area contributed by atoms with Crippen molar-refractivity contribution in [2.24, 2.45) is 5.92 Å². The molecule has 6 rings (SSSR count). The number of nitrogens with zero attached hydrogens (tertiary/aromatic N) is 2. The van der Waals surface area contributed by atoms with Gasteiger partial charge in [0.15, 0.2) is 5.72 Å². The number of aliphatic hydroxyl groups is 1. The maximum Gasteiger partial charge on any atom is 0.412 e. The fraction of sp³-hybridized carbons (Fsp3) is 0.489. The Bertz CT molecular complexity index is 2310. The molecule has 0 unspecified atom stereocenters. The van der Waals surface area contributed by atoms with Gasteiger partial charge in [0.25, 0.3) is 11.8 Å². The van der Waals surface area contributed by atoms with Crippen LogP contribution in [0.3, 0.4) is 0 Å². The van der Waals surface area contributed by atoms with Gasteiger partial charge in [0.1, 0.15) is 34.7 Å². The first-order valence-electron chi connectivity index (χ1n) is 21.3. The molecular formula is C45H53Cl2N5O14. The van der Waals surface area contributed by atoms with Crippen LogP contribution in [0.25, 0.3) is 0 Å². The highest BCUT2D eigenvalue weighted by Gasteiger charge is 2.64. The number of ether oxygens (including phenoxy) is 5. The van der Waals surface area contributed by atoms with Crippen LogP contribution < -0.4 is 25.6 Å². The molecular weight excluding hydrogens is 905 g/mol. The Hall–Kier alpha value is -5.73. The van der Waals surface area contributed by atoms with Crippen molar-refractivity contribution < 1.29 is 67.2 Å². The standard InChI is InChI=1S/C45H53Cl2N5O14/c1-24-10-9-11-33(62-6)45(60)23-32(63-43(59)50-45)25(2)41-44(3,65-41)34(22-38(56)51(4)30-19-26(18-24)20-31(61-5)40(30)47)64-42(58)49-29-15-14-27(21-28(29)46)48-35(53)12-7-8-13-39(57)66-52-36(54)16-17-37(52)55/h9-11,14-15,19-21,25,32-34,41,60H,7-8,12-13,16-18,22-23H2,1-6H3,(H,48,53)(H,49,58)(H,50,59)/b11-9+,24-10+/t25-,32+,33-,34+,41+,44+,45+/m1/s1. The molecule has 4 bridgehead atoms. The van der Waals surface area contributed by atoms with Crippen LogP contribution in [0.1, 0.15) is 77.7 Å². The first-order valence-corrected chi connectivity index (χ1v) is 22.0. The number of epoxide rings is 1. The summed E-state index contributed by atoms with van der Waals surface area (Å²) in [7, 11) is 4.41. The Morgan fingerprint density at radius 3 is 2.39 bits per heavy atom. The van der Waals surface area contributed by atoms with Crippen LogP contribution >= 0.6 is 23.2 Å². The fourth-order valence-electron chi connectivity index (χ4n) is 8.15. The normalized spacial score (nSPS) is 28.0. The second-order valence-electron chi connectivity index (χ2n) is 16.8. The molecule has 2 aromatic rings. The average Bonchev–Trinajstić information content (AvgIpc) is 3.87. The van der Waals surface area contributed by atoms with E-state index in [2.05, 4.69) is 16.0 Å². The molecule has 3 saturated heterocycles. The minimum Gasteiger partial charge on any atom is -0.495 e. The molecule has 4 aliphatic heterocycles. The van der Waals surface area contributed by atoms with E-state index in [1.807, 2.05) is 13.0 Å². The van der Waals surface area contributed by atoms with Crippen molar-refractivity contribution in [1.29, 1.82) is 0 Å². The third kappa shape index (κ3) is 11.6. The summed E-state index contributed by atoms with van der Waals surface area (Å²) in [6, 6.07) is 7.86. The summed E-state index contributed by atoms with van der Waals surface area (Å²) >= 11 is 13.3. The lowest BCUT2D eigenvalue weighted by atomic mass is 9.83. The van der Waals surface area contributed by atoms with Crippen molar-refractivity contribution in [3.63, 3.8) is 0 Å². The summed E-state index contributed by atoms with van der Waals surface area (Å²) < 4.78 is 29.1. The summed E-state index contributed by atoms with van der Waals surface area (Å²) in [6.07, 6.45) is -0.179. The average molecular weight is 959 g/mol. The lowest BCUT2D eigenvalue weighted by molar-refractivity contribution is -0.197. The van der Waals surface area contributed by atoms with Crippen molar-refractivity contribution in [2.45, 2.75) is 114 Å². The van der Waals surface area contributed by atoms with Crippen molar-refractivity contribution in [1.82, 2.24) is 10.4 Å². The number of methoxy groups -OCH3 is 2. The van der Waals surface area contributed by atoms with Crippen molar-refractivity contribution in [3.05, 3.63) is 69.7 Å². The Balaban J connectivity index is 1.17. The predicted octanol–water partition coefficient (Wildman–Crippen LogP) is 6.13. The Labute approximate surface area is 390 Å². The second kappa shape index (κ2) is 20.8. The first-order chi connectivity index (χ1) is 31.2. The zero-order valence-corrected chi connectivity index (χ0v) is 38.8. The zero-order valence-electron chi connectivity index (χ0n) is 37.3. The number of amides is 6. The summed E-state index contributed by atoms with van der Waals surface area (Å²) in [5, 5.41) is 20.3. The topological polar surface area (TPSA) is 241 Å². The molecule has 3 fully saturated rings. The van der Waals surface area contributed by atoms with Gasteiger partial charge in [-0.05, 0) is 69.0 Å². The van der Waals surface area contributed by atoms with Gasteiger partial charge in [-0.25, -0.2) is 14.4 Å². The largest absolute Gasteiger partial charge is 0.495 e. The zero-order chi connectivity index (χ0) is 48.1. The van der Waals surface area contributed by atoms with Gasteiger partial charge in [0, 0.05) is 57.9 Å². The van der Waals surface area contributed by atoms with E-state index in [-0.39, 0.29) is 60.2 Å². The number of imide groups is 1. The van der Waals surface area contributed by atoms with Crippen LogP contribution in [0, 0.1) is 5.92 Å². The molecule has 6 amide bonds. The first kappa shape index (κ1) is 49.7. The highest BCUT2D eigenvalue weighted by Crippen LogP contribution is 2.49. The number of fused-ring (bicyclic) bond motifs is 5. The van der Waals surface area contributed by atoms with Crippen LogP contribution in [0.15, 0.2) is 54.1 Å². The number of allylic oxidation sites excluding steroid dienone is 3. The van der Waals surface area contributed by atoms with E-state index in [0.29, 0.717) is 35.0 Å². The van der Waals surface area contributed by atoms with Gasteiger partial charge in [-0.3, -0.25) is 29.8 Å². The highest BCUT2D eigenvalue weighted by atomic mass is 35.5. The number of carbonyl (C=O) groups is 7. The molecule has 0 aromatic heterocycles. The molecule has 356 valence electrons. The number of halogens is 2. The number of nitrogens with one attached hydrogen (secondary N) is 3. The van der Waals surface area contributed by atoms with Gasteiger partial charge in [-0.2, -0.15) is 0 Å². The summed E-state index contributed by atoms with van der Waals surface area (Å²) in [5.74, 6) is -3.07. The summed E-state index contributed by atoms with van der Waals surface area (Å²) in [6.45, 7) is 5.32. The van der Waals surface area contributed by atoms with Gasteiger partial charge in [-0.1, -0.05) is 53.9 Å². The number of anilines is 3. The molecule has 0 radical (unpaired) electrons. The van der Waals surface area contributed by atoms with E-state index in [1.54, 1.807) is 38.1 Å². The number of hydrogen-bond acceptors (Lipinski definition) is 14. The minimum atomic E-state index is -1.88. The van der Waals surface area contributed by atoms with Crippen LogP contribution in [0.2, 0.25) is 10.0 Å². The molecule has 66 heavy (non-hydrogen) atoms. The van der Waals surface area contributed by atoms with Crippen molar-refractivity contribution in [3.8, 4) is 5.75 Å². The maximum atomic E-state index is 14.2. The van der Waals surface area contributed by atoms with Crippen LogP contribution in [0.5, 0.6) is 5.75 Å². The summed E-state index contributed by atoms with van der Waals surface area (Å²) in [4.78, 5) is 95.1. The molecule has 4 N–H and O–H groups in total. The van der Waals surface area contributed by atoms with E-state index in [4.69, 9.17) is 51.7 Å². The fourth-order valence-corrected chi connectivity index (χ4v) is 8.69. The molecule has 0 saturated carbocycles. The number of rotatable bonds is 11. The third-order valence-corrected chi connectivity index (χ3v) is 12.6. The number of benzene rings is 2. The van der Waals surface area contributed by atoms with E-state index in [9.17, 15) is 38.7 Å². The number of carbonyl (C=O) groups excluding carboxylic acids is 7. The van der Waals surface area contributed by atoms with E-state index in [0.717, 1.165) is 11.1 Å². The van der Waals surface area contributed by atoms with E-state index in [1.165, 1.54) is 44.4 Å². The predicted molar refractivity (Wildman–Crippen MR) is 238 cm³/mol. The van der Waals surface area contributed by atoms with Gasteiger partial charge < -0.3 is 43.8 Å². The SMILES string of the molecule is COc1cc2cc(c1Cl)N(C)C(=O)C[C@H](OC(=O)Nc1ccc(NC(=O)CCCCC(=O)ON3C(=O)CCC3=O)cc1Cl)[C@]1(C)O[C@H]1[C@H](C)[C@@H]1C[C@@](O)(NC(=O)O1)[C@H](OC)/C=C/C=C(\C)C2. The molecule has 21 heteroatoms. The molecule has 19 nitrogen and oxygen atoms in total. The van der Waals surface area contributed by atoms with E-state index >= 15 is 0 Å². The second-order valence-corrected chi connectivity index (χ2v) is 17.6. The molecule has 4 heterocycles. The number of unbranched alkanes of at least 4 members (excludes halogenated alkanes) is 1. The number of hydrogen-bond donors (Lipinski definition) is 4. The molecule has 2 aromatic carbocycles. The van der Waals surface area contributed by atoms with Gasteiger partial charge in [0.2, 0.25) is 11.8 Å². The van der Waals surface area contributed by atoms with Crippen LogP contribution in [-0.4, -0.2) is 109 Å². The van der Waals surface area contributed by atoms with Gasteiger partial charge in [-0.15, -0.1) is 5.06 Å². The van der Waals surface area contributed by atoms with Gasteiger partial charge in [0.05, 0.1) is 36.0 Å². The maximum absolute atomic E-state index is 14.2. The lowest BCUT2D eigenvalue weighted by Gasteiger charge is -2.42.